The van der Waals surface area contributed by atoms with Crippen molar-refractivity contribution in [3.63, 3.8) is 0 Å². The Hall–Kier alpha value is -2.16. The van der Waals surface area contributed by atoms with Crippen molar-refractivity contribution in [3.8, 4) is 11.5 Å². The third-order valence-corrected chi connectivity index (χ3v) is 5.34. The lowest BCUT2D eigenvalue weighted by Gasteiger charge is -2.20. The summed E-state index contributed by atoms with van der Waals surface area (Å²) in [7, 11) is 3.50. The number of nitrogens with zero attached hydrogens (tertiary/aromatic N) is 2. The highest BCUT2D eigenvalue weighted by atomic mass is 127. The van der Waals surface area contributed by atoms with Crippen LogP contribution in [0.25, 0.3) is 0 Å². The number of ether oxygens (including phenoxy) is 2. The lowest BCUT2D eigenvalue weighted by atomic mass is 10.1. The quantitative estimate of drug-likeness (QED) is 0.218. The van der Waals surface area contributed by atoms with E-state index in [1.165, 1.54) is 11.3 Å². The van der Waals surface area contributed by atoms with Gasteiger partial charge in [0.05, 0.1) is 13.7 Å². The first-order valence-electron chi connectivity index (χ1n) is 10.8. The maximum atomic E-state index is 5.67. The number of hydrogen-bond acceptors (Lipinski definition) is 4. The van der Waals surface area contributed by atoms with Crippen LogP contribution in [0.5, 0.6) is 11.5 Å². The van der Waals surface area contributed by atoms with E-state index in [2.05, 4.69) is 63.0 Å². The van der Waals surface area contributed by atoms with E-state index in [0.717, 1.165) is 56.4 Å². The predicted molar refractivity (Wildman–Crippen MR) is 139 cm³/mol. The van der Waals surface area contributed by atoms with Crippen LogP contribution >= 0.6 is 24.0 Å². The number of aryl methyl sites for hydroxylation is 1. The third kappa shape index (κ3) is 7.48. The summed E-state index contributed by atoms with van der Waals surface area (Å²) in [6, 6.07) is 17.2. The van der Waals surface area contributed by atoms with Crippen molar-refractivity contribution < 1.29 is 9.47 Å². The Bertz CT molecular complexity index is 816. The number of methoxy groups -OCH3 is 1. The highest BCUT2D eigenvalue weighted by Gasteiger charge is 2.23. The van der Waals surface area contributed by atoms with Crippen LogP contribution in [0, 0.1) is 0 Å². The molecule has 1 aliphatic rings. The fourth-order valence-corrected chi connectivity index (χ4v) is 3.78. The number of nitrogens with one attached hydrogen (secondary N) is 2. The minimum Gasteiger partial charge on any atom is -0.493 e. The van der Waals surface area contributed by atoms with E-state index >= 15 is 0 Å². The zero-order valence-corrected chi connectivity index (χ0v) is 21.1. The van der Waals surface area contributed by atoms with Gasteiger partial charge in [0, 0.05) is 38.4 Å². The molecule has 3 rings (SSSR count). The molecule has 1 saturated heterocycles. The largest absolute Gasteiger partial charge is 0.493 e. The van der Waals surface area contributed by atoms with E-state index in [0.29, 0.717) is 12.6 Å². The number of anilines is 1. The average molecular weight is 538 g/mol. The van der Waals surface area contributed by atoms with Crippen LogP contribution in [-0.2, 0) is 6.42 Å². The van der Waals surface area contributed by atoms with Crippen molar-refractivity contribution in [2.24, 2.45) is 4.99 Å². The topological polar surface area (TPSA) is 58.1 Å². The lowest BCUT2D eigenvalue weighted by Crippen LogP contribution is -2.44. The summed E-state index contributed by atoms with van der Waals surface area (Å²) in [5, 5.41) is 7.01. The zero-order valence-electron chi connectivity index (χ0n) is 18.8. The van der Waals surface area contributed by atoms with Crippen LogP contribution in [0.2, 0.25) is 0 Å². The molecule has 2 N–H and O–H groups in total. The van der Waals surface area contributed by atoms with Gasteiger partial charge in [0.2, 0.25) is 0 Å². The number of guanidine groups is 1. The zero-order chi connectivity index (χ0) is 21.2. The Kier molecular flexibility index (Phi) is 10.8. The van der Waals surface area contributed by atoms with Crippen LogP contribution in [0.3, 0.4) is 0 Å². The molecule has 1 unspecified atom stereocenters. The van der Waals surface area contributed by atoms with Gasteiger partial charge < -0.3 is 25.0 Å². The fourth-order valence-electron chi connectivity index (χ4n) is 3.78. The fraction of sp³-hybridized carbons (Fsp3) is 0.458. The van der Waals surface area contributed by atoms with E-state index in [-0.39, 0.29) is 24.0 Å². The Morgan fingerprint density at radius 2 is 1.97 bits per heavy atom. The second-order valence-electron chi connectivity index (χ2n) is 7.43. The standard InChI is InChI=1S/C24H34N4O2.HI/c1-4-30-23-17-19(12-13-22(23)29-3)9-8-15-26-24(25-2)27-20-14-16-28(18-20)21-10-6-5-7-11-21;/h5-7,10-13,17,20H,4,8-9,14-16,18H2,1-3H3,(H2,25,26,27);1H. The summed E-state index contributed by atoms with van der Waals surface area (Å²) < 4.78 is 11.0. The van der Waals surface area contributed by atoms with Gasteiger partial charge in [-0.25, -0.2) is 0 Å². The van der Waals surface area contributed by atoms with E-state index < -0.39 is 0 Å². The predicted octanol–water partition coefficient (Wildman–Crippen LogP) is 4.09. The summed E-state index contributed by atoms with van der Waals surface area (Å²) >= 11 is 0. The molecular formula is C24H35IN4O2. The van der Waals surface area contributed by atoms with Crippen molar-refractivity contribution >= 4 is 35.6 Å². The average Bonchev–Trinajstić information content (AvgIpc) is 3.25. The van der Waals surface area contributed by atoms with Crippen LogP contribution in [0.1, 0.15) is 25.3 Å². The lowest BCUT2D eigenvalue weighted by molar-refractivity contribution is 0.310. The van der Waals surface area contributed by atoms with Crippen molar-refractivity contribution in [2.45, 2.75) is 32.2 Å². The van der Waals surface area contributed by atoms with E-state index in [1.54, 1.807) is 7.11 Å². The second-order valence-corrected chi connectivity index (χ2v) is 7.43. The Balaban J connectivity index is 0.00000341. The van der Waals surface area contributed by atoms with Crippen LogP contribution in [0.4, 0.5) is 5.69 Å². The Morgan fingerprint density at radius 1 is 1.16 bits per heavy atom. The number of para-hydroxylation sites is 1. The first-order valence-corrected chi connectivity index (χ1v) is 10.8. The summed E-state index contributed by atoms with van der Waals surface area (Å²) in [5.41, 5.74) is 2.54. The van der Waals surface area contributed by atoms with Gasteiger partial charge in [0.15, 0.2) is 17.5 Å². The van der Waals surface area contributed by atoms with Gasteiger partial charge in [-0.3, -0.25) is 4.99 Å². The molecule has 1 fully saturated rings. The van der Waals surface area contributed by atoms with Gasteiger partial charge in [-0.05, 0) is 56.0 Å². The maximum Gasteiger partial charge on any atom is 0.191 e. The van der Waals surface area contributed by atoms with Crippen LogP contribution < -0.4 is 25.0 Å². The number of hydrogen-bond donors (Lipinski definition) is 2. The van der Waals surface area contributed by atoms with Crippen LogP contribution in [0.15, 0.2) is 53.5 Å². The monoisotopic (exact) mass is 538 g/mol. The normalized spacial score (nSPS) is 15.9. The molecule has 0 bridgehead atoms. The maximum absolute atomic E-state index is 5.67. The highest BCUT2D eigenvalue weighted by molar-refractivity contribution is 14.0. The summed E-state index contributed by atoms with van der Waals surface area (Å²) in [5.74, 6) is 2.47. The van der Waals surface area contributed by atoms with Gasteiger partial charge in [0.25, 0.3) is 0 Å². The van der Waals surface area contributed by atoms with E-state index in [9.17, 15) is 0 Å². The van der Waals surface area contributed by atoms with Gasteiger partial charge in [0.1, 0.15) is 0 Å². The molecule has 1 heterocycles. The molecule has 0 aliphatic carbocycles. The number of rotatable bonds is 9. The molecule has 0 aromatic heterocycles. The van der Waals surface area contributed by atoms with Gasteiger partial charge >= 0.3 is 0 Å². The number of halogens is 1. The molecule has 1 atom stereocenters. The summed E-state index contributed by atoms with van der Waals surface area (Å²) in [6.07, 6.45) is 3.10. The Labute approximate surface area is 203 Å². The van der Waals surface area contributed by atoms with Gasteiger partial charge in [-0.15, -0.1) is 24.0 Å². The van der Waals surface area contributed by atoms with E-state index in [1.807, 2.05) is 20.0 Å². The number of benzene rings is 2. The minimum atomic E-state index is 0. The molecule has 1 aliphatic heterocycles. The minimum absolute atomic E-state index is 0. The van der Waals surface area contributed by atoms with Crippen LogP contribution in [-0.4, -0.2) is 52.4 Å². The number of aliphatic imine (C=N–C) groups is 1. The van der Waals surface area contributed by atoms with Crippen molar-refractivity contribution in [3.05, 3.63) is 54.1 Å². The molecule has 0 radical (unpaired) electrons. The summed E-state index contributed by atoms with van der Waals surface area (Å²) in [4.78, 5) is 6.82. The molecule has 2 aromatic carbocycles. The molecule has 170 valence electrons. The molecule has 6 nitrogen and oxygen atoms in total. The smallest absolute Gasteiger partial charge is 0.191 e. The molecular weight excluding hydrogens is 503 g/mol. The van der Waals surface area contributed by atoms with Crippen molar-refractivity contribution in [1.29, 1.82) is 0 Å². The SMILES string of the molecule is CCOc1cc(CCCNC(=NC)NC2CCN(c3ccccc3)C2)ccc1OC.I. The van der Waals surface area contributed by atoms with Crippen molar-refractivity contribution in [1.82, 2.24) is 10.6 Å². The molecule has 31 heavy (non-hydrogen) atoms. The highest BCUT2D eigenvalue weighted by Crippen LogP contribution is 2.28. The first kappa shape index (κ1) is 25.1. The van der Waals surface area contributed by atoms with Crippen molar-refractivity contribution in [2.75, 3.05) is 45.3 Å². The molecule has 2 aromatic rings. The Morgan fingerprint density at radius 3 is 2.68 bits per heavy atom. The van der Waals surface area contributed by atoms with Gasteiger partial charge in [-0.2, -0.15) is 0 Å². The molecule has 0 spiro atoms. The summed E-state index contributed by atoms with van der Waals surface area (Å²) in [6.45, 7) is 5.55. The second kappa shape index (κ2) is 13.3. The molecule has 0 amide bonds. The molecule has 7 heteroatoms. The molecule has 0 saturated carbocycles. The van der Waals surface area contributed by atoms with Gasteiger partial charge in [-0.1, -0.05) is 24.3 Å². The first-order chi connectivity index (χ1) is 14.7. The third-order valence-electron chi connectivity index (χ3n) is 5.34. The van der Waals surface area contributed by atoms with E-state index in [4.69, 9.17) is 9.47 Å².